The lowest BCUT2D eigenvalue weighted by atomic mass is 9.91. The topological polar surface area (TPSA) is 40.5 Å². The highest BCUT2D eigenvalue weighted by atomic mass is 16.3. The molecule has 0 aromatic heterocycles. The lowest BCUT2D eigenvalue weighted by molar-refractivity contribution is -0.132. The van der Waals surface area contributed by atoms with E-state index in [1.807, 2.05) is 53.4 Å². The molecule has 2 aromatic rings. The van der Waals surface area contributed by atoms with E-state index < -0.39 is 0 Å². The summed E-state index contributed by atoms with van der Waals surface area (Å²) < 4.78 is 0. The zero-order valence-corrected chi connectivity index (χ0v) is 14.0. The summed E-state index contributed by atoms with van der Waals surface area (Å²) in [6.07, 6.45) is 4.63. The normalized spacial score (nSPS) is 17.7. The van der Waals surface area contributed by atoms with Crippen LogP contribution in [-0.4, -0.2) is 29.0 Å². The Morgan fingerprint density at radius 3 is 2.62 bits per heavy atom. The van der Waals surface area contributed by atoms with Gasteiger partial charge in [-0.25, -0.2) is 0 Å². The summed E-state index contributed by atoms with van der Waals surface area (Å²) in [5, 5.41) is 9.88. The van der Waals surface area contributed by atoms with Crippen molar-refractivity contribution in [1.82, 2.24) is 4.90 Å². The summed E-state index contributed by atoms with van der Waals surface area (Å²) in [5.74, 6) is 1.14. The molecule has 0 unspecified atom stereocenters. The number of carbonyl (C=O) groups excluding carboxylic acids is 1. The summed E-state index contributed by atoms with van der Waals surface area (Å²) in [5.41, 5.74) is 2.09. The summed E-state index contributed by atoms with van der Waals surface area (Å²) in [4.78, 5) is 14.5. The van der Waals surface area contributed by atoms with Gasteiger partial charge in [0.1, 0.15) is 5.75 Å². The first-order valence-corrected chi connectivity index (χ1v) is 8.81. The number of para-hydroxylation sites is 1. The molecule has 2 aromatic carbocycles. The Kier molecular flexibility index (Phi) is 5.52. The molecule has 0 saturated carbocycles. The van der Waals surface area contributed by atoms with Crippen LogP contribution in [0.5, 0.6) is 5.75 Å². The van der Waals surface area contributed by atoms with Gasteiger partial charge < -0.3 is 10.0 Å². The minimum Gasteiger partial charge on any atom is -0.508 e. The molecular formula is C21H25NO2. The Bertz CT molecular complexity index is 669. The van der Waals surface area contributed by atoms with Crippen molar-refractivity contribution < 1.29 is 9.90 Å². The number of phenolic OH excluding ortho intramolecular Hbond substituents is 1. The number of amides is 1. The molecule has 1 fully saturated rings. The van der Waals surface area contributed by atoms with E-state index >= 15 is 0 Å². The molecule has 3 rings (SSSR count). The van der Waals surface area contributed by atoms with Gasteiger partial charge in [-0.2, -0.15) is 0 Å². The van der Waals surface area contributed by atoms with Crippen LogP contribution in [0.1, 0.15) is 30.4 Å². The standard InChI is InChI=1S/C21H25NO2/c23-20-11-5-4-10-19(20)13-12-18-9-6-14-22(16-18)21(24)15-17-7-2-1-3-8-17/h1-5,7-8,10-11,18,23H,6,9,12-16H2/t18-/m1/s1. The fourth-order valence-corrected chi connectivity index (χ4v) is 3.49. The Morgan fingerprint density at radius 1 is 1.08 bits per heavy atom. The van der Waals surface area contributed by atoms with Crippen molar-refractivity contribution in [1.29, 1.82) is 0 Å². The van der Waals surface area contributed by atoms with Crippen LogP contribution in [0.4, 0.5) is 0 Å². The Balaban J connectivity index is 1.52. The van der Waals surface area contributed by atoms with Gasteiger partial charge in [0.15, 0.2) is 0 Å². The highest BCUT2D eigenvalue weighted by Gasteiger charge is 2.23. The molecule has 1 atom stereocenters. The van der Waals surface area contributed by atoms with Crippen LogP contribution in [-0.2, 0) is 17.6 Å². The number of phenols is 1. The third kappa shape index (κ3) is 4.38. The van der Waals surface area contributed by atoms with Gasteiger partial charge >= 0.3 is 0 Å². The second-order valence-corrected chi connectivity index (χ2v) is 6.68. The Morgan fingerprint density at radius 2 is 1.83 bits per heavy atom. The number of likely N-dealkylation sites (tertiary alicyclic amines) is 1. The van der Waals surface area contributed by atoms with E-state index in [4.69, 9.17) is 0 Å². The third-order valence-corrected chi connectivity index (χ3v) is 4.88. The highest BCUT2D eigenvalue weighted by Crippen LogP contribution is 2.25. The summed E-state index contributed by atoms with van der Waals surface area (Å²) in [7, 11) is 0. The van der Waals surface area contributed by atoms with Gasteiger partial charge in [-0.1, -0.05) is 48.5 Å². The molecule has 1 amide bonds. The Labute approximate surface area is 143 Å². The number of hydrogen-bond acceptors (Lipinski definition) is 2. The quantitative estimate of drug-likeness (QED) is 0.909. The lowest BCUT2D eigenvalue weighted by Crippen LogP contribution is -2.40. The van der Waals surface area contributed by atoms with E-state index in [1.165, 1.54) is 6.42 Å². The van der Waals surface area contributed by atoms with Gasteiger partial charge in [0.25, 0.3) is 0 Å². The molecule has 3 nitrogen and oxygen atoms in total. The van der Waals surface area contributed by atoms with Crippen LogP contribution in [0, 0.1) is 5.92 Å². The number of nitrogens with zero attached hydrogens (tertiary/aromatic N) is 1. The van der Waals surface area contributed by atoms with Crippen molar-refractivity contribution in [3.8, 4) is 5.75 Å². The van der Waals surface area contributed by atoms with E-state index in [2.05, 4.69) is 0 Å². The first-order valence-electron chi connectivity index (χ1n) is 8.81. The number of aromatic hydroxyl groups is 1. The minimum atomic E-state index is 0.230. The molecular weight excluding hydrogens is 298 g/mol. The number of hydrogen-bond donors (Lipinski definition) is 1. The van der Waals surface area contributed by atoms with Gasteiger partial charge in [0.05, 0.1) is 6.42 Å². The van der Waals surface area contributed by atoms with E-state index in [-0.39, 0.29) is 5.91 Å². The van der Waals surface area contributed by atoms with Gasteiger partial charge in [-0.15, -0.1) is 0 Å². The maximum atomic E-state index is 12.5. The largest absolute Gasteiger partial charge is 0.508 e. The molecule has 1 saturated heterocycles. The van der Waals surface area contributed by atoms with Gasteiger partial charge in [0, 0.05) is 13.1 Å². The monoisotopic (exact) mass is 323 g/mol. The first-order chi connectivity index (χ1) is 11.7. The van der Waals surface area contributed by atoms with E-state index in [9.17, 15) is 9.90 Å². The number of piperidine rings is 1. The minimum absolute atomic E-state index is 0.230. The lowest BCUT2D eigenvalue weighted by Gasteiger charge is -2.33. The van der Waals surface area contributed by atoms with Crippen LogP contribution >= 0.6 is 0 Å². The fraction of sp³-hybridized carbons (Fsp3) is 0.381. The van der Waals surface area contributed by atoms with Crippen LogP contribution in [0.25, 0.3) is 0 Å². The maximum Gasteiger partial charge on any atom is 0.226 e. The van der Waals surface area contributed by atoms with Crippen molar-refractivity contribution in [2.75, 3.05) is 13.1 Å². The van der Waals surface area contributed by atoms with Crippen molar-refractivity contribution in [2.24, 2.45) is 5.92 Å². The van der Waals surface area contributed by atoms with Crippen LogP contribution in [0.2, 0.25) is 0 Å². The molecule has 0 aliphatic carbocycles. The summed E-state index contributed by atoms with van der Waals surface area (Å²) in [6.45, 7) is 1.72. The molecule has 0 spiro atoms. The molecule has 3 heteroatoms. The molecule has 24 heavy (non-hydrogen) atoms. The van der Waals surface area contributed by atoms with E-state index in [1.54, 1.807) is 6.07 Å². The van der Waals surface area contributed by atoms with Gasteiger partial charge in [0.2, 0.25) is 5.91 Å². The predicted molar refractivity (Wildman–Crippen MR) is 95.9 cm³/mol. The number of carbonyl (C=O) groups is 1. The molecule has 0 radical (unpaired) electrons. The molecule has 1 N–H and O–H groups in total. The predicted octanol–water partition coefficient (Wildman–Crippen LogP) is 3.81. The number of aryl methyl sites for hydroxylation is 1. The van der Waals surface area contributed by atoms with E-state index in [0.29, 0.717) is 18.1 Å². The van der Waals surface area contributed by atoms with E-state index in [0.717, 1.165) is 43.5 Å². The number of benzene rings is 2. The van der Waals surface area contributed by atoms with Crippen molar-refractivity contribution in [2.45, 2.75) is 32.1 Å². The van der Waals surface area contributed by atoms with Crippen molar-refractivity contribution in [3.05, 3.63) is 65.7 Å². The Hall–Kier alpha value is -2.29. The molecule has 1 aliphatic heterocycles. The maximum absolute atomic E-state index is 12.5. The number of rotatable bonds is 5. The zero-order valence-electron chi connectivity index (χ0n) is 14.0. The van der Waals surface area contributed by atoms with Crippen molar-refractivity contribution >= 4 is 5.91 Å². The third-order valence-electron chi connectivity index (χ3n) is 4.88. The van der Waals surface area contributed by atoms with Gasteiger partial charge in [-0.3, -0.25) is 4.79 Å². The van der Waals surface area contributed by atoms with Crippen LogP contribution in [0.15, 0.2) is 54.6 Å². The second kappa shape index (κ2) is 8.00. The molecule has 1 aliphatic rings. The fourth-order valence-electron chi connectivity index (χ4n) is 3.49. The zero-order chi connectivity index (χ0) is 16.8. The molecule has 1 heterocycles. The average Bonchev–Trinajstić information content (AvgIpc) is 2.62. The SMILES string of the molecule is O=C(Cc1ccccc1)N1CCC[C@H](CCc2ccccc2O)C1. The second-order valence-electron chi connectivity index (χ2n) is 6.68. The summed E-state index contributed by atoms with van der Waals surface area (Å²) >= 11 is 0. The highest BCUT2D eigenvalue weighted by molar-refractivity contribution is 5.78. The summed E-state index contributed by atoms with van der Waals surface area (Å²) in [6, 6.07) is 17.5. The average molecular weight is 323 g/mol. The molecule has 0 bridgehead atoms. The van der Waals surface area contributed by atoms with Crippen molar-refractivity contribution in [3.63, 3.8) is 0 Å². The molecule has 126 valence electrons. The van der Waals surface area contributed by atoms with Gasteiger partial charge in [-0.05, 0) is 48.8 Å². The van der Waals surface area contributed by atoms with Crippen LogP contribution in [0.3, 0.4) is 0 Å². The smallest absolute Gasteiger partial charge is 0.226 e. The first kappa shape index (κ1) is 16.6. The van der Waals surface area contributed by atoms with Crippen LogP contribution < -0.4 is 0 Å².